The number of nitrogen functional groups attached to an aromatic ring is 1. The van der Waals surface area contributed by atoms with Gasteiger partial charge in [-0.05, 0) is 38.3 Å². The zero-order valence-corrected chi connectivity index (χ0v) is 25.2. The van der Waals surface area contributed by atoms with E-state index in [0.29, 0.717) is 0 Å². The molecule has 0 saturated heterocycles. The minimum Gasteiger partial charge on any atom is -0.462 e. The fourth-order valence-corrected chi connectivity index (χ4v) is 5.64. The average Bonchev–Trinajstić information content (AvgIpc) is 3.32. The monoisotopic (exact) mass is 612 g/mol. The Morgan fingerprint density at radius 3 is 2.51 bits per heavy atom. The quantitative estimate of drug-likeness (QED) is 0.0955. The third kappa shape index (κ3) is 8.79. The number of nitrogens with two attached hydrogens (primary N) is 1. The van der Waals surface area contributed by atoms with E-state index in [1.165, 1.54) is 18.0 Å². The highest BCUT2D eigenvalue weighted by molar-refractivity contribution is 7.71. The Bertz CT molecular complexity index is 1400. The average molecular weight is 613 g/mol. The topological polar surface area (TPSA) is 196 Å². The largest absolute Gasteiger partial charge is 0.462 e. The summed E-state index contributed by atoms with van der Waals surface area (Å²) in [5.41, 5.74) is 6.23. The van der Waals surface area contributed by atoms with E-state index < -0.39 is 50.9 Å². The first-order valence-corrected chi connectivity index (χ1v) is 14.9. The molecule has 0 saturated carbocycles. The Morgan fingerprint density at radius 2 is 1.90 bits per heavy atom. The van der Waals surface area contributed by atoms with Crippen LogP contribution in [0.3, 0.4) is 0 Å². The van der Waals surface area contributed by atoms with Gasteiger partial charge in [-0.1, -0.05) is 44.3 Å². The van der Waals surface area contributed by atoms with Crippen molar-refractivity contribution in [2.24, 2.45) is 5.92 Å². The maximum atomic E-state index is 14.0. The second-order valence-corrected chi connectivity index (χ2v) is 12.0. The number of hydrogen-bond donors (Lipinski definition) is 5. The lowest BCUT2D eigenvalue weighted by atomic mass is 10.0. The van der Waals surface area contributed by atoms with Crippen molar-refractivity contribution in [1.82, 2.24) is 24.6 Å². The lowest BCUT2D eigenvalue weighted by molar-refractivity contribution is -0.150. The molecule has 0 aliphatic rings. The summed E-state index contributed by atoms with van der Waals surface area (Å²) in [4.78, 5) is 23.6. The zero-order valence-electron chi connectivity index (χ0n) is 23.5. The number of imidazole rings is 1. The van der Waals surface area contributed by atoms with Gasteiger partial charge in [-0.15, -0.1) is 0 Å². The number of nitrogens with one attached hydrogen (secondary N) is 2. The van der Waals surface area contributed by atoms with Gasteiger partial charge in [0, 0.05) is 7.11 Å². The number of nitrogens with zero attached hydrogens (tertiary/aromatic N) is 3. The number of carbonyl (C=O) groups excluding carboxylic acids is 1. The molecule has 2 heterocycles. The zero-order chi connectivity index (χ0) is 30.3. The molecule has 0 aliphatic carbocycles. The maximum absolute atomic E-state index is 14.0. The molecular formula is C25H37N6O8PS. The fraction of sp³-hybridized carbons (Fsp3) is 0.520. The van der Waals surface area contributed by atoms with Gasteiger partial charge in [-0.3, -0.25) is 13.9 Å². The molecular weight excluding hydrogens is 575 g/mol. The second-order valence-electron chi connectivity index (χ2n) is 9.95. The van der Waals surface area contributed by atoms with E-state index in [9.17, 15) is 19.6 Å². The van der Waals surface area contributed by atoms with E-state index in [1.54, 1.807) is 44.2 Å². The lowest BCUT2D eigenvalue weighted by Gasteiger charge is -2.29. The van der Waals surface area contributed by atoms with Gasteiger partial charge in [-0.2, -0.15) is 5.09 Å². The van der Waals surface area contributed by atoms with Crippen molar-refractivity contribution in [2.45, 2.75) is 64.7 Å². The van der Waals surface area contributed by atoms with Crippen LogP contribution in [0, 0.1) is 10.6 Å². The SMILES string of the molecule is CO[C@H](COP(=O)(N[C@@H](CC(C)C)C(=O)OC(C)C)Oc1ccccc1)C(O)C(O)n1cnc2c(=S)nc(N)[nH]c21. The van der Waals surface area contributed by atoms with E-state index >= 15 is 0 Å². The van der Waals surface area contributed by atoms with Crippen molar-refractivity contribution >= 4 is 43.0 Å². The molecule has 3 aromatic rings. The van der Waals surface area contributed by atoms with Crippen molar-refractivity contribution in [3.05, 3.63) is 41.3 Å². The van der Waals surface area contributed by atoms with Crippen LogP contribution in [0.25, 0.3) is 11.2 Å². The van der Waals surface area contributed by atoms with Crippen molar-refractivity contribution in [2.75, 3.05) is 19.5 Å². The molecule has 0 fully saturated rings. The van der Waals surface area contributed by atoms with Crippen LogP contribution in [-0.4, -0.2) is 73.8 Å². The van der Waals surface area contributed by atoms with Crippen molar-refractivity contribution in [1.29, 1.82) is 0 Å². The molecule has 14 nitrogen and oxygen atoms in total. The van der Waals surface area contributed by atoms with Gasteiger partial charge >= 0.3 is 13.7 Å². The number of ether oxygens (including phenoxy) is 2. The van der Waals surface area contributed by atoms with Gasteiger partial charge in [0.15, 0.2) is 16.8 Å². The summed E-state index contributed by atoms with van der Waals surface area (Å²) in [5, 5.41) is 24.7. The van der Waals surface area contributed by atoms with Crippen LogP contribution < -0.4 is 15.3 Å². The smallest absolute Gasteiger partial charge is 0.459 e. The Morgan fingerprint density at radius 1 is 1.22 bits per heavy atom. The molecule has 226 valence electrons. The summed E-state index contributed by atoms with van der Waals surface area (Å²) in [6, 6.07) is 7.23. The van der Waals surface area contributed by atoms with Gasteiger partial charge < -0.3 is 34.9 Å². The van der Waals surface area contributed by atoms with Crippen molar-refractivity contribution < 1.29 is 38.1 Å². The normalized spacial score (nSPS) is 16.3. The third-order valence-corrected chi connectivity index (χ3v) is 7.63. The first kappa shape index (κ1) is 32.6. The molecule has 5 atom stereocenters. The van der Waals surface area contributed by atoms with Crippen LogP contribution in [0.2, 0.25) is 0 Å². The van der Waals surface area contributed by atoms with Crippen LogP contribution in [0.4, 0.5) is 5.95 Å². The third-order valence-electron chi connectivity index (χ3n) is 5.77. The van der Waals surface area contributed by atoms with Gasteiger partial charge in [0.05, 0.1) is 19.0 Å². The summed E-state index contributed by atoms with van der Waals surface area (Å²) in [7, 11) is -3.01. The van der Waals surface area contributed by atoms with E-state index in [4.69, 9.17) is 36.5 Å². The number of aromatic nitrogens is 4. The molecule has 0 amide bonds. The number of hydrogen-bond acceptors (Lipinski definition) is 12. The number of carbonyl (C=O) groups is 1. The molecule has 3 unspecified atom stereocenters. The van der Waals surface area contributed by atoms with Crippen LogP contribution in [0.5, 0.6) is 5.75 Å². The number of fused-ring (bicyclic) bond motifs is 1. The number of rotatable bonds is 15. The van der Waals surface area contributed by atoms with Crippen LogP contribution in [-0.2, 0) is 23.4 Å². The van der Waals surface area contributed by atoms with E-state index in [-0.39, 0.29) is 39.8 Å². The highest BCUT2D eigenvalue weighted by Crippen LogP contribution is 2.46. The van der Waals surface area contributed by atoms with Crippen LogP contribution >= 0.6 is 20.0 Å². The summed E-state index contributed by atoms with van der Waals surface area (Å²) < 4.78 is 37.5. The number of H-pyrrole nitrogens is 1. The Hall–Kier alpha value is -2.91. The van der Waals surface area contributed by atoms with E-state index in [2.05, 4.69) is 20.0 Å². The maximum Gasteiger partial charge on any atom is 0.459 e. The standard InChI is InChI=1S/C25H37N6O8PS/c1-14(2)11-17(24(34)38-15(3)4)30-40(35,39-16-9-7-6-8-10-16)37-12-18(36-5)20(32)23(33)31-13-27-19-21(31)28-25(26)29-22(19)41/h6-10,13-15,17-18,20,23,32-33H,11-12H2,1-5H3,(H,30,35)(H3,26,28,29,41)/t17-,18+,20?,23?,40?/m0/s1. The number of aliphatic hydroxyl groups excluding tert-OH is 2. The fourth-order valence-electron chi connectivity index (χ4n) is 3.88. The number of para-hydroxylation sites is 1. The van der Waals surface area contributed by atoms with Crippen LogP contribution in [0.15, 0.2) is 36.7 Å². The first-order chi connectivity index (χ1) is 19.3. The van der Waals surface area contributed by atoms with E-state index in [1.807, 2.05) is 13.8 Å². The molecule has 0 bridgehead atoms. The minimum atomic E-state index is -4.29. The molecule has 0 radical (unpaired) electrons. The highest BCUT2D eigenvalue weighted by atomic mass is 32.1. The molecule has 1 aromatic carbocycles. The minimum absolute atomic E-state index is 0.00502. The highest BCUT2D eigenvalue weighted by Gasteiger charge is 2.38. The summed E-state index contributed by atoms with van der Waals surface area (Å²) in [6.07, 6.45) is -3.32. The van der Waals surface area contributed by atoms with E-state index in [0.717, 1.165) is 0 Å². The van der Waals surface area contributed by atoms with Gasteiger partial charge in [0.2, 0.25) is 0 Å². The molecule has 2 aromatic heterocycles. The second kappa shape index (κ2) is 14.3. The Kier molecular flexibility index (Phi) is 11.4. The molecule has 0 aliphatic heterocycles. The number of anilines is 1. The Balaban J connectivity index is 1.85. The molecule has 6 N–H and O–H groups in total. The summed E-state index contributed by atoms with van der Waals surface area (Å²) in [6.45, 7) is 6.70. The number of aliphatic hydroxyl groups is 2. The van der Waals surface area contributed by atoms with Gasteiger partial charge in [0.25, 0.3) is 0 Å². The first-order valence-electron chi connectivity index (χ1n) is 12.9. The predicted molar refractivity (Wildman–Crippen MR) is 153 cm³/mol. The molecule has 0 spiro atoms. The summed E-state index contributed by atoms with van der Waals surface area (Å²) >= 11 is 5.16. The Labute approximate surface area is 242 Å². The molecule has 3 rings (SSSR count). The van der Waals surface area contributed by atoms with Crippen molar-refractivity contribution in [3.63, 3.8) is 0 Å². The number of benzene rings is 1. The number of methoxy groups -OCH3 is 1. The molecule has 16 heteroatoms. The number of aromatic amines is 1. The van der Waals surface area contributed by atoms with Gasteiger partial charge in [0.1, 0.15) is 35.2 Å². The van der Waals surface area contributed by atoms with Gasteiger partial charge in [-0.25, -0.2) is 14.5 Å². The van der Waals surface area contributed by atoms with Crippen LogP contribution in [0.1, 0.15) is 40.3 Å². The van der Waals surface area contributed by atoms with Crippen molar-refractivity contribution in [3.8, 4) is 5.75 Å². The predicted octanol–water partition coefficient (Wildman–Crippen LogP) is 3.10. The molecule has 41 heavy (non-hydrogen) atoms. The summed E-state index contributed by atoms with van der Waals surface area (Å²) in [5.74, 6) is -0.381. The number of esters is 1. The lowest BCUT2D eigenvalue weighted by Crippen LogP contribution is -2.42.